The lowest BCUT2D eigenvalue weighted by Crippen LogP contribution is -2.31. The Labute approximate surface area is 350 Å². The van der Waals surface area contributed by atoms with E-state index in [4.69, 9.17) is 13.9 Å². The number of nitrogens with zero attached hydrogens (tertiary/aromatic N) is 3. The van der Waals surface area contributed by atoms with Gasteiger partial charge >= 0.3 is 0 Å². The summed E-state index contributed by atoms with van der Waals surface area (Å²) in [6, 6.07) is 40.1. The first kappa shape index (κ1) is 38.5. The van der Waals surface area contributed by atoms with E-state index in [0.29, 0.717) is 6.42 Å². The molecule has 5 heterocycles. The molecule has 0 radical (unpaired) electrons. The minimum atomic E-state index is 0.698. The molecule has 2 aliphatic rings. The molecule has 6 heteroatoms. The summed E-state index contributed by atoms with van der Waals surface area (Å²) in [6.45, 7) is 12.5. The number of fused-ring (bicyclic) bond motifs is 12. The van der Waals surface area contributed by atoms with Crippen molar-refractivity contribution in [1.82, 2.24) is 14.1 Å². The fourth-order valence-electron chi connectivity index (χ4n) is 8.84. The maximum Gasteiger partial charge on any atom is 0.144 e. The van der Waals surface area contributed by atoms with E-state index in [0.717, 1.165) is 105 Å². The maximum absolute atomic E-state index is 7.25. The molecular weight excluding hydrogens is 739 g/mol. The Morgan fingerprint density at radius 2 is 1.47 bits per heavy atom. The molecule has 1 aliphatic heterocycles. The van der Waals surface area contributed by atoms with Crippen LogP contribution in [0.5, 0.6) is 11.5 Å². The van der Waals surface area contributed by atoms with E-state index in [1.165, 1.54) is 17.6 Å². The molecule has 0 spiro atoms. The first-order valence-electron chi connectivity index (χ1n) is 21.1. The summed E-state index contributed by atoms with van der Waals surface area (Å²) < 4.78 is 24.0. The van der Waals surface area contributed by atoms with E-state index >= 15 is 0 Å². The number of hydrogen-bond acceptors (Lipinski definition) is 4. The normalized spacial score (nSPS) is 12.8. The Hall–Kier alpha value is -7.05. The molecule has 0 fully saturated rings. The molecule has 1 aliphatic carbocycles. The Kier molecular flexibility index (Phi) is 10.2. The van der Waals surface area contributed by atoms with E-state index in [1.807, 2.05) is 56.4 Å². The zero-order chi connectivity index (χ0) is 41.5. The molecule has 0 unspecified atom stereocenters. The summed E-state index contributed by atoms with van der Waals surface area (Å²) >= 11 is 0. The number of benzene rings is 5. The Morgan fingerprint density at radius 1 is 0.733 bits per heavy atom. The summed E-state index contributed by atoms with van der Waals surface area (Å²) in [7, 11) is 1.71. The minimum absolute atomic E-state index is 0.698. The molecule has 0 amide bonds. The lowest BCUT2D eigenvalue weighted by atomic mass is 9.95. The highest BCUT2D eigenvalue weighted by Gasteiger charge is 2.29. The molecule has 11 rings (SSSR count). The monoisotopic (exact) mass is 787 g/mol. The van der Waals surface area contributed by atoms with Gasteiger partial charge in [0.25, 0.3) is 0 Å². The average molecular weight is 788 g/mol. The Bertz CT molecular complexity index is 3280. The first-order valence-corrected chi connectivity index (χ1v) is 21.1. The number of rotatable bonds is 5. The van der Waals surface area contributed by atoms with Crippen LogP contribution >= 0.6 is 0 Å². The van der Waals surface area contributed by atoms with Crippen molar-refractivity contribution in [3.63, 3.8) is 0 Å². The number of furan rings is 1. The lowest BCUT2D eigenvalue weighted by Gasteiger charge is -2.23. The van der Waals surface area contributed by atoms with Crippen LogP contribution in [0.3, 0.4) is 0 Å². The third kappa shape index (κ3) is 6.13. The smallest absolute Gasteiger partial charge is 0.144 e. The van der Waals surface area contributed by atoms with Gasteiger partial charge in [-0.15, -0.1) is 0 Å². The second-order valence-corrected chi connectivity index (χ2v) is 14.9. The summed E-state index contributed by atoms with van der Waals surface area (Å²) in [5.74, 6) is 2.64. The minimum Gasteiger partial charge on any atom is -0.496 e. The molecule has 9 aromatic rings. The Morgan fingerprint density at radius 3 is 2.25 bits per heavy atom. The van der Waals surface area contributed by atoms with E-state index in [2.05, 4.69) is 145 Å². The van der Waals surface area contributed by atoms with Crippen molar-refractivity contribution in [2.24, 2.45) is 0 Å². The van der Waals surface area contributed by atoms with Gasteiger partial charge in [0.15, 0.2) is 0 Å². The summed E-state index contributed by atoms with van der Waals surface area (Å²) in [5.41, 5.74) is 12.5. The largest absolute Gasteiger partial charge is 0.496 e. The molecule has 0 saturated carbocycles. The second kappa shape index (κ2) is 16.0. The van der Waals surface area contributed by atoms with Gasteiger partial charge in [-0.2, -0.15) is 0 Å². The molecule has 0 atom stereocenters. The zero-order valence-corrected chi connectivity index (χ0v) is 35.3. The highest BCUT2D eigenvalue weighted by Crippen LogP contribution is 2.47. The number of ether oxygens (including phenoxy) is 2. The SMILES string of the molecule is C/C=C\c1c(C)c2c3c(ccc2n1-c1ccc2oc4ccccc4c2c1)C1=CC=c2c(c4ccccc4n2-c2ccc(OC)c(-c4ccccn4)c2)=C(C1)O3.CC.CCC. The van der Waals surface area contributed by atoms with Crippen molar-refractivity contribution in [3.8, 4) is 34.1 Å². The molecule has 0 saturated heterocycles. The molecule has 298 valence electrons. The number of methoxy groups -OCH3 is 1. The van der Waals surface area contributed by atoms with E-state index < -0.39 is 0 Å². The van der Waals surface area contributed by atoms with Gasteiger partial charge in [0.05, 0.1) is 29.2 Å². The van der Waals surface area contributed by atoms with Gasteiger partial charge in [0.2, 0.25) is 0 Å². The standard InChI is InChI=1S/C49H35N3O3.C3H8.C2H6/c1-4-11-39-29(2)47-41(51(39)31-19-24-45-36(27-31)34-12-6-8-16-44(34)54-45)22-20-33-30-17-21-42-48(46(26-30)55-49(33)47)35-13-5-7-15-40(35)52(42)32-18-23-43(53-3)37(28-32)38-14-9-10-25-50-38;1-3-2;1-2/h4-25,27-28H,26H2,1-3H3;3H2,1-2H3;1-2H3/b11-4-;;. The molecule has 0 N–H and O–H groups in total. The number of aromatic nitrogens is 3. The number of para-hydroxylation sites is 2. The van der Waals surface area contributed by atoms with Crippen molar-refractivity contribution in [1.29, 1.82) is 0 Å². The van der Waals surface area contributed by atoms with Crippen molar-refractivity contribution in [2.75, 3.05) is 7.11 Å². The highest BCUT2D eigenvalue weighted by molar-refractivity contribution is 6.06. The molecule has 6 nitrogen and oxygen atoms in total. The summed E-state index contributed by atoms with van der Waals surface area (Å²) in [4.78, 5) is 4.66. The first-order chi connectivity index (χ1) is 29.5. The van der Waals surface area contributed by atoms with Gasteiger partial charge in [-0.25, -0.2) is 0 Å². The van der Waals surface area contributed by atoms with Crippen LogP contribution in [-0.4, -0.2) is 21.2 Å². The average Bonchev–Trinajstić information content (AvgIpc) is 3.89. The van der Waals surface area contributed by atoms with Crippen molar-refractivity contribution in [2.45, 2.75) is 54.4 Å². The van der Waals surface area contributed by atoms with Crippen LogP contribution in [0, 0.1) is 6.92 Å². The predicted octanol–water partition coefficient (Wildman–Crippen LogP) is 13.1. The summed E-state index contributed by atoms with van der Waals surface area (Å²) in [6.07, 6.45) is 12.6. The lowest BCUT2D eigenvalue weighted by molar-refractivity contribution is 0.416. The van der Waals surface area contributed by atoms with Crippen LogP contribution in [0.15, 0.2) is 138 Å². The van der Waals surface area contributed by atoms with Crippen LogP contribution in [0.2, 0.25) is 0 Å². The third-order valence-corrected chi connectivity index (χ3v) is 11.3. The van der Waals surface area contributed by atoms with Crippen molar-refractivity contribution in [3.05, 3.63) is 161 Å². The predicted molar refractivity (Wildman–Crippen MR) is 251 cm³/mol. The van der Waals surface area contributed by atoms with Gasteiger partial charge in [-0.1, -0.05) is 88.7 Å². The van der Waals surface area contributed by atoms with Crippen LogP contribution in [-0.2, 0) is 0 Å². The quantitative estimate of drug-likeness (QED) is 0.174. The van der Waals surface area contributed by atoms with Crippen LogP contribution < -0.4 is 20.0 Å². The second-order valence-electron chi connectivity index (χ2n) is 14.9. The van der Waals surface area contributed by atoms with Gasteiger partial charge in [-0.3, -0.25) is 4.98 Å². The van der Waals surface area contributed by atoms with Gasteiger partial charge in [-0.05, 0) is 110 Å². The maximum atomic E-state index is 7.25. The summed E-state index contributed by atoms with van der Waals surface area (Å²) in [5, 5.41) is 6.67. The number of allylic oxidation sites excluding steroid dienone is 2. The van der Waals surface area contributed by atoms with Crippen LogP contribution in [0.1, 0.15) is 64.3 Å². The van der Waals surface area contributed by atoms with E-state index in [1.54, 1.807) is 7.11 Å². The Balaban J connectivity index is 0.000000888. The van der Waals surface area contributed by atoms with Gasteiger partial charge in [0.1, 0.15) is 28.4 Å². The number of pyridine rings is 1. The molecule has 60 heavy (non-hydrogen) atoms. The van der Waals surface area contributed by atoms with Crippen LogP contribution in [0.25, 0.3) is 89.9 Å². The zero-order valence-electron chi connectivity index (χ0n) is 35.3. The van der Waals surface area contributed by atoms with Crippen LogP contribution in [0.4, 0.5) is 0 Å². The topological polar surface area (TPSA) is 54.4 Å². The van der Waals surface area contributed by atoms with Crippen molar-refractivity contribution < 1.29 is 13.9 Å². The van der Waals surface area contributed by atoms with Gasteiger partial charge in [0, 0.05) is 67.6 Å². The highest BCUT2D eigenvalue weighted by atomic mass is 16.5. The molecule has 4 aromatic heterocycles. The van der Waals surface area contributed by atoms with E-state index in [9.17, 15) is 0 Å². The fourth-order valence-corrected chi connectivity index (χ4v) is 8.84. The third-order valence-electron chi connectivity index (χ3n) is 11.3. The fraction of sp³-hybridized carbons (Fsp3) is 0.167. The molecule has 2 bridgehead atoms. The van der Waals surface area contributed by atoms with Crippen molar-refractivity contribution >= 4 is 67.2 Å². The number of aryl methyl sites for hydroxylation is 1. The molecular formula is C54H49N3O3. The van der Waals surface area contributed by atoms with E-state index in [-0.39, 0.29) is 0 Å². The molecule has 5 aromatic carbocycles. The van der Waals surface area contributed by atoms with Gasteiger partial charge < -0.3 is 23.0 Å². The number of hydrogen-bond donors (Lipinski definition) is 0.